The van der Waals surface area contributed by atoms with E-state index in [-0.39, 0.29) is 5.56 Å². The van der Waals surface area contributed by atoms with Gasteiger partial charge < -0.3 is 15.0 Å². The first-order valence-electron chi connectivity index (χ1n) is 7.97. The molecular formula is C20H19N3O2. The zero-order valence-corrected chi connectivity index (χ0v) is 14.4. The molecule has 0 amide bonds. The van der Waals surface area contributed by atoms with Crippen molar-refractivity contribution in [2.45, 2.75) is 20.4 Å². The van der Waals surface area contributed by atoms with E-state index in [1.165, 1.54) is 12.7 Å². The number of aromatic amines is 1. The summed E-state index contributed by atoms with van der Waals surface area (Å²) in [6.07, 6.45) is 0. The van der Waals surface area contributed by atoms with Gasteiger partial charge in [0.1, 0.15) is 11.8 Å². The number of H-pyrrole nitrogens is 1. The monoisotopic (exact) mass is 333 g/mol. The van der Waals surface area contributed by atoms with E-state index in [1.54, 1.807) is 18.2 Å². The minimum Gasteiger partial charge on any atom is -0.495 e. The smallest absolute Gasteiger partial charge is 0.253 e. The van der Waals surface area contributed by atoms with Crippen LogP contribution in [-0.4, -0.2) is 12.1 Å². The van der Waals surface area contributed by atoms with Gasteiger partial charge in [0.2, 0.25) is 0 Å². The molecule has 25 heavy (non-hydrogen) atoms. The average Bonchev–Trinajstić information content (AvgIpc) is 2.61. The van der Waals surface area contributed by atoms with Crippen molar-refractivity contribution >= 4 is 16.6 Å². The summed E-state index contributed by atoms with van der Waals surface area (Å²) >= 11 is 0. The minimum absolute atomic E-state index is 0.108. The third-order valence-corrected chi connectivity index (χ3v) is 4.34. The first-order chi connectivity index (χ1) is 12.0. The molecule has 2 N–H and O–H groups in total. The second-order valence-electron chi connectivity index (χ2n) is 6.03. The Morgan fingerprint density at radius 3 is 2.64 bits per heavy atom. The second kappa shape index (κ2) is 6.70. The van der Waals surface area contributed by atoms with Crippen LogP contribution in [0.2, 0.25) is 0 Å². The van der Waals surface area contributed by atoms with Gasteiger partial charge in [0.15, 0.2) is 0 Å². The molecule has 2 aromatic carbocycles. The molecule has 0 aliphatic heterocycles. The summed E-state index contributed by atoms with van der Waals surface area (Å²) < 4.78 is 5.20. The van der Waals surface area contributed by atoms with Crippen molar-refractivity contribution in [2.75, 3.05) is 12.4 Å². The fourth-order valence-corrected chi connectivity index (χ4v) is 2.74. The lowest BCUT2D eigenvalue weighted by atomic mass is 10.0. The molecule has 0 aliphatic carbocycles. The zero-order valence-electron chi connectivity index (χ0n) is 14.4. The van der Waals surface area contributed by atoms with E-state index < -0.39 is 0 Å². The highest BCUT2D eigenvalue weighted by Crippen LogP contribution is 2.23. The van der Waals surface area contributed by atoms with E-state index in [0.29, 0.717) is 23.4 Å². The van der Waals surface area contributed by atoms with E-state index in [4.69, 9.17) is 10.00 Å². The van der Waals surface area contributed by atoms with Crippen molar-refractivity contribution in [2.24, 2.45) is 0 Å². The van der Waals surface area contributed by atoms with Crippen LogP contribution in [0.15, 0.2) is 41.2 Å². The number of nitrogens with zero attached hydrogens (tertiary/aromatic N) is 1. The number of benzene rings is 2. The lowest BCUT2D eigenvalue weighted by Gasteiger charge is -2.10. The fraction of sp³-hybridized carbons (Fsp3) is 0.200. The second-order valence-corrected chi connectivity index (χ2v) is 6.03. The highest BCUT2D eigenvalue weighted by molar-refractivity contribution is 5.80. The number of methoxy groups -OCH3 is 1. The van der Waals surface area contributed by atoms with Gasteiger partial charge in [-0.3, -0.25) is 4.79 Å². The molecule has 0 aliphatic rings. The number of anilines is 1. The Morgan fingerprint density at radius 1 is 1.16 bits per heavy atom. The summed E-state index contributed by atoms with van der Waals surface area (Å²) in [5.41, 5.74) is 4.99. The number of nitrogens with one attached hydrogen (secondary N) is 2. The van der Waals surface area contributed by atoms with Gasteiger partial charge in [0.05, 0.1) is 12.7 Å². The third kappa shape index (κ3) is 3.33. The Bertz CT molecular complexity index is 1050. The van der Waals surface area contributed by atoms with Gasteiger partial charge in [0.25, 0.3) is 5.56 Å². The molecule has 0 radical (unpaired) electrons. The van der Waals surface area contributed by atoms with Crippen molar-refractivity contribution in [1.82, 2.24) is 4.98 Å². The van der Waals surface area contributed by atoms with Crippen LogP contribution >= 0.6 is 0 Å². The lowest BCUT2D eigenvalue weighted by Crippen LogP contribution is -2.15. The number of fused-ring (bicyclic) bond motifs is 1. The molecule has 3 aromatic rings. The molecule has 1 aromatic heterocycles. The molecule has 3 rings (SSSR count). The Balaban J connectivity index is 1.88. The van der Waals surface area contributed by atoms with Crippen molar-refractivity contribution in [3.05, 3.63) is 69.0 Å². The molecule has 5 heteroatoms. The van der Waals surface area contributed by atoms with Gasteiger partial charge in [0, 0.05) is 29.4 Å². The lowest BCUT2D eigenvalue weighted by molar-refractivity contribution is 0.413. The molecule has 1 heterocycles. The van der Waals surface area contributed by atoms with Crippen molar-refractivity contribution in [3.63, 3.8) is 0 Å². The van der Waals surface area contributed by atoms with E-state index in [0.717, 1.165) is 22.2 Å². The topological polar surface area (TPSA) is 77.9 Å². The fourth-order valence-electron chi connectivity index (χ4n) is 2.74. The predicted octanol–water partition coefficient (Wildman–Crippen LogP) is 3.64. The number of hydrogen-bond donors (Lipinski definition) is 2. The Morgan fingerprint density at radius 2 is 1.92 bits per heavy atom. The van der Waals surface area contributed by atoms with Gasteiger partial charge >= 0.3 is 0 Å². The quantitative estimate of drug-likeness (QED) is 0.764. The maximum absolute atomic E-state index is 12.3. The zero-order chi connectivity index (χ0) is 18.0. The maximum Gasteiger partial charge on any atom is 0.253 e. The molecular weight excluding hydrogens is 314 g/mol. The maximum atomic E-state index is 12.3. The van der Waals surface area contributed by atoms with Crippen LogP contribution in [0.1, 0.15) is 22.3 Å². The standard InChI is InChI=1S/C20H19N3O2/c1-12-6-15-8-16(20(24)23-18(15)7-13(12)2)11-22-17-5-4-14(10-21)19(9-17)25-3/h4-9,22H,11H2,1-3H3,(H,23,24). The first kappa shape index (κ1) is 16.6. The average molecular weight is 333 g/mol. The first-order valence-corrected chi connectivity index (χ1v) is 7.97. The number of nitriles is 1. The third-order valence-electron chi connectivity index (χ3n) is 4.34. The summed E-state index contributed by atoms with van der Waals surface area (Å²) in [5.74, 6) is 0.506. The number of pyridine rings is 1. The van der Waals surface area contributed by atoms with Gasteiger partial charge in [-0.2, -0.15) is 5.26 Å². The summed E-state index contributed by atoms with van der Waals surface area (Å²) in [5, 5.41) is 13.3. The van der Waals surface area contributed by atoms with E-state index >= 15 is 0 Å². The molecule has 0 fully saturated rings. The Kier molecular flexibility index (Phi) is 4.44. The van der Waals surface area contributed by atoms with Crippen LogP contribution in [0.5, 0.6) is 5.75 Å². The van der Waals surface area contributed by atoms with Crippen LogP contribution in [0, 0.1) is 25.2 Å². The summed E-state index contributed by atoms with van der Waals surface area (Å²) in [6.45, 7) is 4.47. The number of aromatic nitrogens is 1. The molecule has 0 saturated carbocycles. The van der Waals surface area contributed by atoms with Crippen molar-refractivity contribution < 1.29 is 4.74 Å². The predicted molar refractivity (Wildman–Crippen MR) is 99.1 cm³/mol. The summed E-state index contributed by atoms with van der Waals surface area (Å²) in [4.78, 5) is 15.3. The van der Waals surface area contributed by atoms with Crippen LogP contribution in [0.25, 0.3) is 10.9 Å². The summed E-state index contributed by atoms with van der Waals surface area (Å²) in [7, 11) is 1.53. The van der Waals surface area contributed by atoms with Crippen LogP contribution in [0.3, 0.4) is 0 Å². The Labute approximate surface area is 145 Å². The molecule has 0 bridgehead atoms. The molecule has 5 nitrogen and oxygen atoms in total. The van der Waals surface area contributed by atoms with Gasteiger partial charge in [-0.1, -0.05) is 0 Å². The van der Waals surface area contributed by atoms with Crippen LogP contribution < -0.4 is 15.6 Å². The van der Waals surface area contributed by atoms with Gasteiger partial charge in [-0.05, 0) is 60.7 Å². The van der Waals surface area contributed by atoms with Gasteiger partial charge in [-0.15, -0.1) is 0 Å². The largest absolute Gasteiger partial charge is 0.495 e. The molecule has 0 spiro atoms. The van der Waals surface area contributed by atoms with Gasteiger partial charge in [-0.25, -0.2) is 0 Å². The number of ether oxygens (including phenoxy) is 1. The van der Waals surface area contributed by atoms with Crippen molar-refractivity contribution in [1.29, 1.82) is 5.26 Å². The normalized spacial score (nSPS) is 10.5. The molecule has 0 unspecified atom stereocenters. The van der Waals surface area contributed by atoms with Crippen LogP contribution in [-0.2, 0) is 6.54 Å². The highest BCUT2D eigenvalue weighted by atomic mass is 16.5. The number of aryl methyl sites for hydroxylation is 2. The van der Waals surface area contributed by atoms with E-state index in [9.17, 15) is 4.79 Å². The van der Waals surface area contributed by atoms with Crippen LogP contribution in [0.4, 0.5) is 5.69 Å². The molecule has 0 saturated heterocycles. The number of rotatable bonds is 4. The Hall–Kier alpha value is -3.26. The molecule has 126 valence electrons. The van der Waals surface area contributed by atoms with Crippen molar-refractivity contribution in [3.8, 4) is 11.8 Å². The SMILES string of the molecule is COc1cc(NCc2cc3cc(C)c(C)cc3[nH]c2=O)ccc1C#N. The summed E-state index contributed by atoms with van der Waals surface area (Å²) in [6, 6.07) is 13.3. The van der Waals surface area contributed by atoms with E-state index in [1.807, 2.05) is 19.1 Å². The van der Waals surface area contributed by atoms with E-state index in [2.05, 4.69) is 29.4 Å². The number of hydrogen-bond acceptors (Lipinski definition) is 4. The minimum atomic E-state index is -0.108. The highest BCUT2D eigenvalue weighted by Gasteiger charge is 2.07. The molecule has 0 atom stereocenters.